The topological polar surface area (TPSA) is 76.4 Å². The van der Waals surface area contributed by atoms with E-state index in [1.54, 1.807) is 0 Å². The molecule has 1 aromatic heterocycles. The van der Waals surface area contributed by atoms with Gasteiger partial charge in [0.2, 0.25) is 0 Å². The standard InChI is InChI=1S/C8H8F3N3O3/c1-17-13-5(7(15)16)4-14-3-2-6(12-14)8(9,10)11/h2-4,13H,1H3,(H,15,16)/b5-4-. The van der Waals surface area contributed by atoms with E-state index >= 15 is 0 Å². The fraction of sp³-hybridized carbons (Fsp3) is 0.250. The van der Waals surface area contributed by atoms with Crippen LogP contribution >= 0.6 is 0 Å². The second kappa shape index (κ2) is 4.87. The summed E-state index contributed by atoms with van der Waals surface area (Å²) in [6.45, 7) is 0. The van der Waals surface area contributed by atoms with Crippen molar-refractivity contribution >= 4 is 12.2 Å². The van der Waals surface area contributed by atoms with E-state index in [0.717, 1.165) is 23.1 Å². The lowest BCUT2D eigenvalue weighted by Gasteiger charge is -2.03. The minimum absolute atomic E-state index is 0.454. The molecule has 0 fully saturated rings. The molecule has 0 aliphatic rings. The van der Waals surface area contributed by atoms with Gasteiger partial charge in [-0.1, -0.05) is 0 Å². The predicted molar refractivity (Wildman–Crippen MR) is 49.3 cm³/mol. The molecule has 17 heavy (non-hydrogen) atoms. The third kappa shape index (κ3) is 3.48. The van der Waals surface area contributed by atoms with Crippen LogP contribution in [-0.2, 0) is 15.8 Å². The lowest BCUT2D eigenvalue weighted by atomic mass is 10.4. The number of nitrogens with zero attached hydrogens (tertiary/aromatic N) is 2. The highest BCUT2D eigenvalue weighted by Crippen LogP contribution is 2.27. The van der Waals surface area contributed by atoms with E-state index in [0.29, 0.717) is 0 Å². The maximum absolute atomic E-state index is 12.2. The van der Waals surface area contributed by atoms with Crippen molar-refractivity contribution in [3.63, 3.8) is 0 Å². The van der Waals surface area contributed by atoms with Crippen LogP contribution < -0.4 is 5.48 Å². The van der Waals surface area contributed by atoms with Crippen molar-refractivity contribution in [2.45, 2.75) is 6.18 Å². The van der Waals surface area contributed by atoms with Crippen LogP contribution in [0.2, 0.25) is 0 Å². The van der Waals surface area contributed by atoms with Crippen LogP contribution in [0, 0.1) is 0 Å². The van der Waals surface area contributed by atoms with E-state index < -0.39 is 23.5 Å². The summed E-state index contributed by atoms with van der Waals surface area (Å²) in [5.74, 6) is -1.39. The molecule has 0 saturated carbocycles. The van der Waals surface area contributed by atoms with Crippen LogP contribution in [0.4, 0.5) is 13.2 Å². The molecule has 0 atom stereocenters. The van der Waals surface area contributed by atoms with Gasteiger partial charge in [0.05, 0.1) is 13.3 Å². The fourth-order valence-electron chi connectivity index (χ4n) is 0.929. The number of hydrogen-bond donors (Lipinski definition) is 2. The first-order valence-corrected chi connectivity index (χ1v) is 4.21. The fourth-order valence-corrected chi connectivity index (χ4v) is 0.929. The summed E-state index contributed by atoms with van der Waals surface area (Å²) in [5, 5.41) is 11.8. The normalized spacial score (nSPS) is 12.6. The van der Waals surface area contributed by atoms with Gasteiger partial charge in [0.1, 0.15) is 0 Å². The highest BCUT2D eigenvalue weighted by atomic mass is 19.4. The zero-order chi connectivity index (χ0) is 13.1. The van der Waals surface area contributed by atoms with E-state index in [1.165, 1.54) is 7.11 Å². The maximum atomic E-state index is 12.2. The molecule has 0 aromatic carbocycles. The summed E-state index contributed by atoms with van der Waals surface area (Å²) in [6.07, 6.45) is -2.75. The van der Waals surface area contributed by atoms with E-state index in [1.807, 2.05) is 5.48 Å². The summed E-state index contributed by atoms with van der Waals surface area (Å²) in [4.78, 5) is 15.0. The van der Waals surface area contributed by atoms with Crippen molar-refractivity contribution in [3.8, 4) is 0 Å². The zero-order valence-electron chi connectivity index (χ0n) is 8.52. The molecular weight excluding hydrogens is 243 g/mol. The number of rotatable bonds is 4. The van der Waals surface area contributed by atoms with Gasteiger partial charge in [0, 0.05) is 6.20 Å². The van der Waals surface area contributed by atoms with Crippen LogP contribution in [0.3, 0.4) is 0 Å². The molecule has 94 valence electrons. The third-order valence-electron chi connectivity index (χ3n) is 1.60. The number of nitrogens with one attached hydrogen (secondary N) is 1. The molecule has 1 heterocycles. The monoisotopic (exact) mass is 251 g/mol. The number of hydrogen-bond acceptors (Lipinski definition) is 4. The number of aromatic nitrogens is 2. The quantitative estimate of drug-likeness (QED) is 0.615. The number of carboxylic acids is 1. The van der Waals surface area contributed by atoms with E-state index in [9.17, 15) is 18.0 Å². The first-order chi connectivity index (χ1) is 7.84. The van der Waals surface area contributed by atoms with Crippen molar-refractivity contribution in [1.82, 2.24) is 15.3 Å². The van der Waals surface area contributed by atoms with Gasteiger partial charge in [-0.3, -0.25) is 10.3 Å². The van der Waals surface area contributed by atoms with Crippen molar-refractivity contribution in [2.24, 2.45) is 0 Å². The van der Waals surface area contributed by atoms with E-state index in [-0.39, 0.29) is 0 Å². The number of hydroxylamine groups is 1. The lowest BCUT2D eigenvalue weighted by molar-refractivity contribution is -0.141. The zero-order valence-corrected chi connectivity index (χ0v) is 8.52. The molecule has 1 aromatic rings. The van der Waals surface area contributed by atoms with Crippen molar-refractivity contribution in [3.05, 3.63) is 23.7 Å². The molecule has 0 aliphatic heterocycles. The number of alkyl halides is 3. The van der Waals surface area contributed by atoms with Gasteiger partial charge >= 0.3 is 12.1 Å². The molecule has 0 amide bonds. The van der Waals surface area contributed by atoms with Gasteiger partial charge in [-0.2, -0.15) is 18.3 Å². The molecular formula is C8H8F3N3O3. The van der Waals surface area contributed by atoms with E-state index in [4.69, 9.17) is 5.11 Å². The minimum Gasteiger partial charge on any atom is -0.476 e. The molecule has 0 aliphatic carbocycles. The first-order valence-electron chi connectivity index (χ1n) is 4.21. The Balaban J connectivity index is 2.97. The highest BCUT2D eigenvalue weighted by Gasteiger charge is 2.33. The second-order valence-electron chi connectivity index (χ2n) is 2.83. The van der Waals surface area contributed by atoms with Gasteiger partial charge in [0.15, 0.2) is 11.4 Å². The van der Waals surface area contributed by atoms with Gasteiger partial charge in [-0.15, -0.1) is 0 Å². The maximum Gasteiger partial charge on any atom is 0.435 e. The van der Waals surface area contributed by atoms with Crippen LogP contribution in [-0.4, -0.2) is 28.0 Å². The molecule has 2 N–H and O–H groups in total. The Bertz CT molecular complexity index is 439. The molecule has 0 unspecified atom stereocenters. The Morgan fingerprint density at radius 1 is 1.65 bits per heavy atom. The Morgan fingerprint density at radius 2 is 2.29 bits per heavy atom. The lowest BCUT2D eigenvalue weighted by Crippen LogP contribution is -2.19. The number of halogens is 3. The summed E-state index contributed by atoms with van der Waals surface area (Å²) in [6, 6.07) is 0.725. The molecule has 0 saturated heterocycles. The van der Waals surface area contributed by atoms with Gasteiger partial charge in [-0.25, -0.2) is 9.48 Å². The smallest absolute Gasteiger partial charge is 0.435 e. The van der Waals surface area contributed by atoms with Crippen LogP contribution in [0.5, 0.6) is 0 Å². The summed E-state index contributed by atoms with van der Waals surface area (Å²) < 4.78 is 37.3. The van der Waals surface area contributed by atoms with Gasteiger partial charge < -0.3 is 5.11 Å². The van der Waals surface area contributed by atoms with E-state index in [2.05, 4.69) is 9.94 Å². The van der Waals surface area contributed by atoms with Crippen LogP contribution in [0.15, 0.2) is 18.0 Å². The second-order valence-corrected chi connectivity index (χ2v) is 2.83. The van der Waals surface area contributed by atoms with Crippen molar-refractivity contribution in [2.75, 3.05) is 7.11 Å². The molecule has 0 radical (unpaired) electrons. The average Bonchev–Trinajstić information content (AvgIpc) is 2.64. The first kappa shape index (κ1) is 13.0. The highest BCUT2D eigenvalue weighted by molar-refractivity contribution is 5.88. The van der Waals surface area contributed by atoms with Crippen molar-refractivity contribution < 1.29 is 27.9 Å². The Hall–Kier alpha value is -2.03. The number of carbonyl (C=O) groups is 1. The molecule has 9 heteroatoms. The Labute approximate surface area is 93.2 Å². The minimum atomic E-state index is -4.57. The van der Waals surface area contributed by atoms with Crippen LogP contribution in [0.25, 0.3) is 6.20 Å². The molecule has 6 nitrogen and oxygen atoms in total. The Morgan fingerprint density at radius 3 is 2.71 bits per heavy atom. The van der Waals surface area contributed by atoms with Crippen LogP contribution in [0.1, 0.15) is 5.69 Å². The number of aliphatic carboxylic acids is 1. The summed E-state index contributed by atoms with van der Waals surface area (Å²) in [5.41, 5.74) is 0.429. The molecule has 0 spiro atoms. The third-order valence-corrected chi connectivity index (χ3v) is 1.60. The van der Waals surface area contributed by atoms with Gasteiger partial charge in [-0.05, 0) is 6.07 Å². The largest absolute Gasteiger partial charge is 0.476 e. The average molecular weight is 251 g/mol. The van der Waals surface area contributed by atoms with Gasteiger partial charge in [0.25, 0.3) is 0 Å². The SMILES string of the molecule is CON/C(=C\n1ccc(C(F)(F)F)n1)C(=O)O. The molecule has 0 bridgehead atoms. The van der Waals surface area contributed by atoms with Crippen molar-refractivity contribution in [1.29, 1.82) is 0 Å². The summed E-state index contributed by atoms with van der Waals surface area (Å²) >= 11 is 0. The number of carboxylic acid groups (broad SMARTS) is 1. The summed E-state index contributed by atoms with van der Waals surface area (Å²) in [7, 11) is 1.17. The predicted octanol–water partition coefficient (Wildman–Crippen LogP) is 0.936. The molecule has 1 rings (SSSR count). The Kier molecular flexibility index (Phi) is 3.73.